The van der Waals surface area contributed by atoms with Crippen LogP contribution in [0.15, 0.2) is 22.7 Å². The summed E-state index contributed by atoms with van der Waals surface area (Å²) >= 11 is 3.24. The third-order valence-corrected chi connectivity index (χ3v) is 4.62. The number of nitrogens with zero attached hydrogens (tertiary/aromatic N) is 1. The molecule has 0 aliphatic carbocycles. The van der Waals surface area contributed by atoms with Crippen LogP contribution in [0.2, 0.25) is 0 Å². The van der Waals surface area contributed by atoms with Crippen molar-refractivity contribution in [1.82, 2.24) is 10.2 Å². The van der Waals surface area contributed by atoms with Crippen molar-refractivity contribution in [2.24, 2.45) is 0 Å². The number of rotatable bonds is 5. The minimum atomic E-state index is -0.205. The lowest BCUT2D eigenvalue weighted by Gasteiger charge is -2.25. The Labute approximate surface area is 123 Å². The fourth-order valence-corrected chi connectivity index (χ4v) is 3.15. The topological polar surface area (TPSA) is 15.3 Å². The fourth-order valence-electron chi connectivity index (χ4n) is 2.76. The van der Waals surface area contributed by atoms with Crippen LogP contribution in [0.25, 0.3) is 0 Å². The van der Waals surface area contributed by atoms with Crippen molar-refractivity contribution in [2.75, 3.05) is 19.6 Å². The van der Waals surface area contributed by atoms with Crippen LogP contribution in [-0.4, -0.2) is 30.6 Å². The zero-order valence-corrected chi connectivity index (χ0v) is 13.2. The highest BCUT2D eigenvalue weighted by Crippen LogP contribution is 2.22. The lowest BCUT2D eigenvalue weighted by atomic mass is 10.1. The van der Waals surface area contributed by atoms with E-state index >= 15 is 0 Å². The molecule has 2 nitrogen and oxygen atoms in total. The molecule has 0 amide bonds. The Kier molecular flexibility index (Phi) is 5.37. The number of halogens is 2. The van der Waals surface area contributed by atoms with Gasteiger partial charge < -0.3 is 5.32 Å². The number of likely N-dealkylation sites (tertiary alicyclic amines) is 1. The van der Waals surface area contributed by atoms with Crippen LogP contribution in [0.1, 0.15) is 38.3 Å². The van der Waals surface area contributed by atoms with Gasteiger partial charge in [0.05, 0.1) is 4.47 Å². The number of hydrogen-bond acceptors (Lipinski definition) is 2. The Balaban J connectivity index is 1.90. The predicted molar refractivity (Wildman–Crippen MR) is 80.8 cm³/mol. The van der Waals surface area contributed by atoms with Crippen LogP contribution in [0.3, 0.4) is 0 Å². The molecule has 1 aliphatic rings. The normalized spacial score (nSPS) is 21.8. The van der Waals surface area contributed by atoms with E-state index in [9.17, 15) is 4.39 Å². The highest BCUT2D eigenvalue weighted by molar-refractivity contribution is 9.10. The van der Waals surface area contributed by atoms with Gasteiger partial charge in [-0.1, -0.05) is 13.0 Å². The van der Waals surface area contributed by atoms with Gasteiger partial charge in [-0.25, -0.2) is 4.39 Å². The molecule has 1 aromatic carbocycles. The average Bonchev–Trinajstić information content (AvgIpc) is 2.86. The highest BCUT2D eigenvalue weighted by Gasteiger charge is 2.23. The molecule has 2 atom stereocenters. The lowest BCUT2D eigenvalue weighted by Crippen LogP contribution is -2.38. The largest absolute Gasteiger partial charge is 0.309 e. The average molecular weight is 329 g/mol. The van der Waals surface area contributed by atoms with E-state index in [1.807, 2.05) is 12.1 Å². The van der Waals surface area contributed by atoms with Gasteiger partial charge in [0.1, 0.15) is 5.82 Å². The molecule has 2 unspecified atom stereocenters. The third-order valence-electron chi connectivity index (χ3n) is 4.01. The Morgan fingerprint density at radius 2 is 2.32 bits per heavy atom. The van der Waals surface area contributed by atoms with Gasteiger partial charge in [-0.15, -0.1) is 0 Å². The molecular formula is C15H22BrFN2. The van der Waals surface area contributed by atoms with Crippen LogP contribution in [0.4, 0.5) is 4.39 Å². The van der Waals surface area contributed by atoms with E-state index in [1.165, 1.54) is 25.5 Å². The molecule has 1 saturated heterocycles. The van der Waals surface area contributed by atoms with Crippen LogP contribution < -0.4 is 5.32 Å². The van der Waals surface area contributed by atoms with E-state index in [2.05, 4.69) is 40.0 Å². The van der Waals surface area contributed by atoms with Crippen molar-refractivity contribution in [2.45, 2.75) is 38.8 Å². The van der Waals surface area contributed by atoms with Gasteiger partial charge in [0, 0.05) is 18.6 Å². The van der Waals surface area contributed by atoms with E-state index in [4.69, 9.17) is 0 Å². The molecule has 0 spiro atoms. The van der Waals surface area contributed by atoms with Gasteiger partial charge in [0.15, 0.2) is 0 Å². The predicted octanol–water partition coefficient (Wildman–Crippen LogP) is 3.72. The van der Waals surface area contributed by atoms with E-state index < -0.39 is 0 Å². The van der Waals surface area contributed by atoms with Crippen molar-refractivity contribution in [1.29, 1.82) is 0 Å². The van der Waals surface area contributed by atoms with Gasteiger partial charge in [-0.3, -0.25) is 4.90 Å². The molecule has 19 heavy (non-hydrogen) atoms. The van der Waals surface area contributed by atoms with Gasteiger partial charge >= 0.3 is 0 Å². The zero-order chi connectivity index (χ0) is 13.8. The van der Waals surface area contributed by atoms with Crippen LogP contribution in [-0.2, 0) is 0 Å². The molecule has 0 aromatic heterocycles. The van der Waals surface area contributed by atoms with Gasteiger partial charge in [0.2, 0.25) is 0 Å². The summed E-state index contributed by atoms with van der Waals surface area (Å²) in [6.45, 7) is 7.70. The monoisotopic (exact) mass is 328 g/mol. The van der Waals surface area contributed by atoms with Gasteiger partial charge in [0.25, 0.3) is 0 Å². The van der Waals surface area contributed by atoms with E-state index in [1.54, 1.807) is 0 Å². The summed E-state index contributed by atoms with van der Waals surface area (Å²) in [6, 6.07) is 6.13. The second-order valence-electron chi connectivity index (χ2n) is 5.23. The van der Waals surface area contributed by atoms with Crippen LogP contribution in [0, 0.1) is 5.82 Å². The first-order valence-corrected chi connectivity index (χ1v) is 7.83. The maximum Gasteiger partial charge on any atom is 0.137 e. The molecule has 1 N–H and O–H groups in total. The number of nitrogens with one attached hydrogen (secondary N) is 1. The molecular weight excluding hydrogens is 307 g/mol. The molecule has 1 fully saturated rings. The first-order valence-electron chi connectivity index (χ1n) is 7.04. The summed E-state index contributed by atoms with van der Waals surface area (Å²) in [4.78, 5) is 2.53. The van der Waals surface area contributed by atoms with Crippen molar-refractivity contribution in [3.8, 4) is 0 Å². The van der Waals surface area contributed by atoms with Crippen molar-refractivity contribution in [3.05, 3.63) is 34.1 Å². The molecule has 1 heterocycles. The Bertz CT molecular complexity index is 425. The Hall–Kier alpha value is -0.450. The number of hydrogen-bond donors (Lipinski definition) is 1. The molecule has 0 saturated carbocycles. The summed E-state index contributed by atoms with van der Waals surface area (Å²) in [6.07, 6.45) is 2.58. The molecule has 1 aromatic rings. The van der Waals surface area contributed by atoms with E-state index in [0.29, 0.717) is 10.5 Å². The van der Waals surface area contributed by atoms with E-state index in [0.717, 1.165) is 18.7 Å². The van der Waals surface area contributed by atoms with Crippen LogP contribution in [0.5, 0.6) is 0 Å². The van der Waals surface area contributed by atoms with Crippen molar-refractivity contribution in [3.63, 3.8) is 0 Å². The number of likely N-dealkylation sites (N-methyl/N-ethyl adjacent to an activating group) is 1. The summed E-state index contributed by atoms with van der Waals surface area (Å²) in [5, 5.41) is 3.57. The lowest BCUT2D eigenvalue weighted by molar-refractivity contribution is 0.255. The molecule has 4 heteroatoms. The highest BCUT2D eigenvalue weighted by atomic mass is 79.9. The second-order valence-corrected chi connectivity index (χ2v) is 6.08. The minimum absolute atomic E-state index is 0.205. The summed E-state index contributed by atoms with van der Waals surface area (Å²) in [5.41, 5.74) is 1.12. The standard InChI is InChI=1S/C15H22BrFN2/c1-3-19-8-4-5-13(19)10-18-11(2)12-6-7-15(17)14(16)9-12/h6-7,9,11,13,18H,3-5,8,10H2,1-2H3. The first-order chi connectivity index (χ1) is 9.11. The van der Waals surface area contributed by atoms with Crippen LogP contribution >= 0.6 is 15.9 Å². The molecule has 106 valence electrons. The number of benzene rings is 1. The maximum atomic E-state index is 13.2. The molecule has 1 aliphatic heterocycles. The van der Waals surface area contributed by atoms with Crippen molar-refractivity contribution >= 4 is 15.9 Å². The summed E-state index contributed by atoms with van der Waals surface area (Å²) in [7, 11) is 0. The maximum absolute atomic E-state index is 13.2. The minimum Gasteiger partial charge on any atom is -0.309 e. The SMILES string of the molecule is CCN1CCCC1CNC(C)c1ccc(F)c(Br)c1. The van der Waals surface area contributed by atoms with Gasteiger partial charge in [-0.2, -0.15) is 0 Å². The Morgan fingerprint density at radius 3 is 3.00 bits per heavy atom. The third kappa shape index (κ3) is 3.77. The van der Waals surface area contributed by atoms with E-state index in [-0.39, 0.29) is 11.9 Å². The fraction of sp³-hybridized carbons (Fsp3) is 0.600. The molecule has 2 rings (SSSR count). The summed E-state index contributed by atoms with van der Waals surface area (Å²) < 4.78 is 13.8. The van der Waals surface area contributed by atoms with Crippen molar-refractivity contribution < 1.29 is 4.39 Å². The summed E-state index contributed by atoms with van der Waals surface area (Å²) in [5.74, 6) is -0.205. The smallest absolute Gasteiger partial charge is 0.137 e. The molecule has 0 radical (unpaired) electrons. The quantitative estimate of drug-likeness (QED) is 0.886. The molecule has 0 bridgehead atoms. The Morgan fingerprint density at radius 1 is 1.53 bits per heavy atom. The second kappa shape index (κ2) is 6.82. The van der Waals surface area contributed by atoms with Gasteiger partial charge in [-0.05, 0) is 66.5 Å². The first kappa shape index (κ1) is 14.9. The zero-order valence-electron chi connectivity index (χ0n) is 11.6.